The summed E-state index contributed by atoms with van der Waals surface area (Å²) >= 11 is 0. The number of nitrogens with one attached hydrogen (secondary N) is 1. The van der Waals surface area contributed by atoms with E-state index in [1.54, 1.807) is 19.2 Å². The van der Waals surface area contributed by atoms with Gasteiger partial charge in [-0.1, -0.05) is 47.6 Å². The predicted molar refractivity (Wildman–Crippen MR) is 139 cm³/mol. The summed E-state index contributed by atoms with van der Waals surface area (Å²) in [6, 6.07) is 0. The minimum Gasteiger partial charge on any atom is -0.413 e. The minimum absolute atomic E-state index is 0.00366. The number of ether oxygens (including phenoxy) is 1. The van der Waals surface area contributed by atoms with Crippen LogP contribution in [-0.2, 0) is 13.6 Å². The molecule has 0 aromatic carbocycles. The Morgan fingerprint density at radius 3 is 2.18 bits per heavy atom. The maximum atomic E-state index is 12.6. The fraction of sp³-hybridized carbons (Fsp3) is 0.750. The first-order chi connectivity index (χ1) is 14.8. The number of aromatic nitrogens is 2. The summed E-state index contributed by atoms with van der Waals surface area (Å²) in [5, 5.41) is 0.0415. The third-order valence-corrected chi connectivity index (χ3v) is 16.8. The van der Waals surface area contributed by atoms with E-state index < -0.39 is 34.2 Å². The lowest BCUT2D eigenvalue weighted by atomic mass is 9.98. The van der Waals surface area contributed by atoms with Gasteiger partial charge in [-0.25, -0.2) is 4.79 Å². The Kier molecular flexibility index (Phi) is 7.69. The second-order valence-electron chi connectivity index (χ2n) is 12.4. The molecule has 1 aromatic heterocycles. The molecule has 1 aliphatic rings. The number of rotatable bonds is 7. The number of hydrogen-bond acceptors (Lipinski definition) is 5. The molecule has 0 amide bonds. The molecule has 3 atom stereocenters. The second-order valence-corrected chi connectivity index (χ2v) is 21.9. The van der Waals surface area contributed by atoms with E-state index in [1.165, 1.54) is 4.57 Å². The van der Waals surface area contributed by atoms with E-state index in [2.05, 4.69) is 79.3 Å². The van der Waals surface area contributed by atoms with Crippen LogP contribution >= 0.6 is 0 Å². The number of nitrogens with zero attached hydrogens (tertiary/aromatic N) is 1. The summed E-state index contributed by atoms with van der Waals surface area (Å²) < 4.78 is 21.5. The summed E-state index contributed by atoms with van der Waals surface area (Å²) in [6.07, 6.45) is 2.88. The van der Waals surface area contributed by atoms with Crippen molar-refractivity contribution in [2.24, 2.45) is 0 Å². The van der Waals surface area contributed by atoms with Gasteiger partial charge in [0.1, 0.15) is 11.8 Å². The third kappa shape index (κ3) is 5.70. The van der Waals surface area contributed by atoms with Crippen molar-refractivity contribution in [2.45, 2.75) is 109 Å². The van der Waals surface area contributed by atoms with E-state index in [-0.39, 0.29) is 21.7 Å². The normalized spacial score (nSPS) is 24.8. The zero-order valence-electron chi connectivity index (χ0n) is 22.4. The summed E-state index contributed by atoms with van der Waals surface area (Å²) in [4.78, 5) is 26.9. The molecule has 2 rings (SSSR count). The van der Waals surface area contributed by atoms with E-state index in [0.717, 1.165) is 0 Å². The van der Waals surface area contributed by atoms with Crippen molar-refractivity contribution in [3.8, 4) is 0 Å². The summed E-state index contributed by atoms with van der Waals surface area (Å²) in [5.41, 5.74) is -1.33. The zero-order chi connectivity index (χ0) is 25.6. The molecule has 33 heavy (non-hydrogen) atoms. The topological polar surface area (TPSA) is 82.5 Å². The second kappa shape index (κ2) is 9.07. The molecule has 0 aliphatic carbocycles. The summed E-state index contributed by atoms with van der Waals surface area (Å²) in [7, 11) is -4.24. The molecule has 0 saturated carbocycles. The van der Waals surface area contributed by atoms with Crippen LogP contribution in [0, 0.1) is 6.92 Å². The van der Waals surface area contributed by atoms with Crippen LogP contribution in [0.25, 0.3) is 0 Å². The number of aryl methyl sites for hydroxylation is 1. The standard InChI is InChI=1S/C24H44N2O5Si2/c1-13-24(16-29-32(9,10)22(3,4)5)18(31-33(11,12)23(6,7)8)14-19(30-24)26-15-17(2)20(27)25-21(26)28/h13,15,18-19H,1,14,16H2,2-12H3,(H,25,27,28)/t18-,19+,24+/m0/s1. The zero-order valence-corrected chi connectivity index (χ0v) is 24.4. The monoisotopic (exact) mass is 496 g/mol. The van der Waals surface area contributed by atoms with Gasteiger partial charge in [0, 0.05) is 18.2 Å². The minimum atomic E-state index is -2.17. The van der Waals surface area contributed by atoms with Gasteiger partial charge in [-0.15, -0.1) is 6.58 Å². The van der Waals surface area contributed by atoms with Crippen molar-refractivity contribution in [3.05, 3.63) is 45.3 Å². The van der Waals surface area contributed by atoms with Crippen molar-refractivity contribution in [2.75, 3.05) is 6.61 Å². The first kappa shape index (κ1) is 28.0. The molecule has 1 fully saturated rings. The first-order valence-electron chi connectivity index (χ1n) is 11.7. The maximum Gasteiger partial charge on any atom is 0.330 e. The molecule has 1 N–H and O–H groups in total. The molecule has 7 nitrogen and oxygen atoms in total. The van der Waals surface area contributed by atoms with E-state index in [0.29, 0.717) is 18.6 Å². The molecule has 1 saturated heterocycles. The van der Waals surface area contributed by atoms with Crippen LogP contribution in [-0.4, -0.2) is 44.5 Å². The van der Waals surface area contributed by atoms with Gasteiger partial charge < -0.3 is 13.6 Å². The predicted octanol–water partition coefficient (Wildman–Crippen LogP) is 5.10. The Labute approximate surface area is 200 Å². The Morgan fingerprint density at radius 1 is 1.15 bits per heavy atom. The van der Waals surface area contributed by atoms with E-state index in [9.17, 15) is 9.59 Å². The SMILES string of the molecule is C=C[C@]1(CO[Si](C)(C)C(C)(C)C)O[C@@H](n2cc(C)c(=O)[nH]c2=O)C[C@@H]1O[Si](C)(C)C(C)(C)C. The van der Waals surface area contributed by atoms with Gasteiger partial charge in [0.2, 0.25) is 0 Å². The lowest BCUT2D eigenvalue weighted by Crippen LogP contribution is -2.54. The first-order valence-corrected chi connectivity index (χ1v) is 17.5. The highest BCUT2D eigenvalue weighted by Gasteiger charge is 2.53. The third-order valence-electron chi connectivity index (χ3n) is 7.83. The van der Waals surface area contributed by atoms with Gasteiger partial charge in [0.15, 0.2) is 16.6 Å². The highest BCUT2D eigenvalue weighted by atomic mass is 28.4. The van der Waals surface area contributed by atoms with E-state index >= 15 is 0 Å². The largest absolute Gasteiger partial charge is 0.413 e. The fourth-order valence-corrected chi connectivity index (χ4v) is 5.67. The average molecular weight is 497 g/mol. The molecule has 1 aliphatic heterocycles. The van der Waals surface area contributed by atoms with Crippen LogP contribution in [0.5, 0.6) is 0 Å². The molecule has 2 heterocycles. The van der Waals surface area contributed by atoms with Crippen LogP contribution in [0.1, 0.15) is 59.8 Å². The lowest BCUT2D eigenvalue weighted by molar-refractivity contribution is -0.0921. The molecule has 0 spiro atoms. The Balaban J connectivity index is 2.50. The molecule has 0 unspecified atom stereocenters. The van der Waals surface area contributed by atoms with Crippen LogP contribution in [0.2, 0.25) is 36.3 Å². The Morgan fingerprint density at radius 2 is 1.70 bits per heavy atom. The Bertz CT molecular complexity index is 984. The molecule has 9 heteroatoms. The molecule has 0 bridgehead atoms. The van der Waals surface area contributed by atoms with Gasteiger partial charge in [-0.2, -0.15) is 0 Å². The van der Waals surface area contributed by atoms with Gasteiger partial charge >= 0.3 is 5.69 Å². The van der Waals surface area contributed by atoms with Crippen molar-refractivity contribution >= 4 is 16.6 Å². The van der Waals surface area contributed by atoms with Gasteiger partial charge in [-0.3, -0.25) is 14.3 Å². The highest BCUT2D eigenvalue weighted by molar-refractivity contribution is 6.74. The van der Waals surface area contributed by atoms with E-state index in [4.69, 9.17) is 13.6 Å². The van der Waals surface area contributed by atoms with Gasteiger partial charge in [0.05, 0.1) is 12.7 Å². The average Bonchev–Trinajstić information content (AvgIpc) is 2.99. The lowest BCUT2D eigenvalue weighted by Gasteiger charge is -2.44. The quantitative estimate of drug-likeness (QED) is 0.419. The van der Waals surface area contributed by atoms with Crippen LogP contribution < -0.4 is 11.2 Å². The highest BCUT2D eigenvalue weighted by Crippen LogP contribution is 2.46. The fourth-order valence-electron chi connectivity index (χ4n) is 3.29. The summed E-state index contributed by atoms with van der Waals surface area (Å²) in [5.74, 6) is 0. The van der Waals surface area contributed by atoms with Gasteiger partial charge in [-0.05, 0) is 43.2 Å². The summed E-state index contributed by atoms with van der Waals surface area (Å²) in [6.45, 7) is 28.1. The van der Waals surface area contributed by atoms with Crippen LogP contribution in [0.4, 0.5) is 0 Å². The molecule has 0 radical (unpaired) electrons. The number of H-pyrrole nitrogens is 1. The molecule has 188 valence electrons. The molecular weight excluding hydrogens is 452 g/mol. The smallest absolute Gasteiger partial charge is 0.330 e. The molecular formula is C24H44N2O5Si2. The van der Waals surface area contributed by atoms with Gasteiger partial charge in [0.25, 0.3) is 5.56 Å². The van der Waals surface area contributed by atoms with Crippen molar-refractivity contribution in [1.82, 2.24) is 9.55 Å². The van der Waals surface area contributed by atoms with Crippen LogP contribution in [0.15, 0.2) is 28.4 Å². The Hall–Kier alpha value is -1.27. The van der Waals surface area contributed by atoms with E-state index in [1.807, 2.05) is 0 Å². The number of aromatic amines is 1. The number of hydrogen-bond donors (Lipinski definition) is 1. The van der Waals surface area contributed by atoms with Crippen molar-refractivity contribution < 1.29 is 13.6 Å². The van der Waals surface area contributed by atoms with Crippen molar-refractivity contribution in [3.63, 3.8) is 0 Å². The van der Waals surface area contributed by atoms with Crippen LogP contribution in [0.3, 0.4) is 0 Å². The molecule has 1 aromatic rings. The maximum absolute atomic E-state index is 12.6. The van der Waals surface area contributed by atoms with Crippen molar-refractivity contribution in [1.29, 1.82) is 0 Å².